The lowest BCUT2D eigenvalue weighted by molar-refractivity contribution is 0.559. The number of benzene rings is 2. The summed E-state index contributed by atoms with van der Waals surface area (Å²) >= 11 is 1.58. The van der Waals surface area contributed by atoms with Crippen LogP contribution in [0.3, 0.4) is 0 Å². The van der Waals surface area contributed by atoms with Gasteiger partial charge in [0.1, 0.15) is 10.6 Å². The second-order valence-electron chi connectivity index (χ2n) is 10.0. The third kappa shape index (κ3) is 5.23. The molecule has 0 radical (unpaired) electrons. The van der Waals surface area contributed by atoms with Gasteiger partial charge >= 0.3 is 0 Å². The molecule has 4 aromatic rings. The van der Waals surface area contributed by atoms with Gasteiger partial charge in [-0.15, -0.1) is 11.3 Å². The third-order valence-corrected chi connectivity index (χ3v) is 9.83. The molecule has 5 rings (SSSR count). The number of nitrogens with one attached hydrogen (secondary N) is 2. The highest BCUT2D eigenvalue weighted by Crippen LogP contribution is 2.31. The van der Waals surface area contributed by atoms with Crippen molar-refractivity contribution in [3.63, 3.8) is 0 Å². The first-order valence-electron chi connectivity index (χ1n) is 12.1. The summed E-state index contributed by atoms with van der Waals surface area (Å²) in [6, 6.07) is 18.0. The number of sulfone groups is 1. The first kappa shape index (κ1) is 24.7. The van der Waals surface area contributed by atoms with Crippen LogP contribution in [0.15, 0.2) is 60.0 Å². The number of fused-ring (bicyclic) bond motifs is 1. The average Bonchev–Trinajstić information content (AvgIpc) is 3.34. The molecule has 2 N–H and O–H groups in total. The molecular formula is C27H31N5O2S2. The Morgan fingerprint density at radius 1 is 0.972 bits per heavy atom. The molecule has 9 heteroatoms. The largest absolute Gasteiger partial charge is 0.369 e. The van der Waals surface area contributed by atoms with Crippen LogP contribution in [0, 0.1) is 0 Å². The molecule has 1 fully saturated rings. The first-order chi connectivity index (χ1) is 17.2. The van der Waals surface area contributed by atoms with Crippen molar-refractivity contribution in [2.75, 3.05) is 36.4 Å². The Balaban J connectivity index is 1.38. The summed E-state index contributed by atoms with van der Waals surface area (Å²) < 4.78 is 24.3. The number of nitrogens with zero attached hydrogens (tertiary/aromatic N) is 3. The van der Waals surface area contributed by atoms with E-state index in [2.05, 4.69) is 39.8 Å². The highest BCUT2D eigenvalue weighted by molar-refractivity contribution is 7.91. The molecule has 0 aliphatic carbocycles. The zero-order valence-corrected chi connectivity index (χ0v) is 22.4. The number of piperazine rings is 1. The quantitative estimate of drug-likeness (QED) is 0.359. The van der Waals surface area contributed by atoms with Crippen molar-refractivity contribution in [1.82, 2.24) is 15.3 Å². The molecular weight excluding hydrogens is 490 g/mol. The van der Waals surface area contributed by atoms with E-state index in [0.717, 1.165) is 59.0 Å². The Kier molecular flexibility index (Phi) is 6.72. The predicted molar refractivity (Wildman–Crippen MR) is 150 cm³/mol. The second kappa shape index (κ2) is 9.80. The maximum atomic E-state index is 12.6. The van der Waals surface area contributed by atoms with Crippen LogP contribution in [0.1, 0.15) is 26.3 Å². The molecule has 1 aliphatic heterocycles. The van der Waals surface area contributed by atoms with Gasteiger partial charge in [-0.2, -0.15) is 0 Å². The zero-order chi connectivity index (χ0) is 25.3. The van der Waals surface area contributed by atoms with Gasteiger partial charge in [-0.05, 0) is 74.2 Å². The molecule has 0 atom stereocenters. The van der Waals surface area contributed by atoms with Crippen molar-refractivity contribution in [1.29, 1.82) is 0 Å². The Hall–Kier alpha value is -3.01. The lowest BCUT2D eigenvalue weighted by atomic mass is 10.1. The van der Waals surface area contributed by atoms with Gasteiger partial charge in [0, 0.05) is 43.1 Å². The van der Waals surface area contributed by atoms with E-state index in [1.54, 1.807) is 32.1 Å². The molecule has 188 valence electrons. The van der Waals surface area contributed by atoms with Gasteiger partial charge in [0.05, 0.1) is 15.9 Å². The predicted octanol–water partition coefficient (Wildman–Crippen LogP) is 5.22. The summed E-state index contributed by atoms with van der Waals surface area (Å²) in [6.45, 7) is 9.21. The van der Waals surface area contributed by atoms with Crippen LogP contribution in [0.4, 0.5) is 17.2 Å². The van der Waals surface area contributed by atoms with Gasteiger partial charge in [-0.25, -0.2) is 18.4 Å². The summed E-state index contributed by atoms with van der Waals surface area (Å²) in [7, 11) is -3.24. The van der Waals surface area contributed by atoms with E-state index < -0.39 is 14.6 Å². The van der Waals surface area contributed by atoms with Gasteiger partial charge in [0.15, 0.2) is 15.7 Å². The van der Waals surface area contributed by atoms with Crippen molar-refractivity contribution in [3.05, 3.63) is 65.5 Å². The molecule has 2 aromatic heterocycles. The molecule has 1 saturated heterocycles. The Morgan fingerprint density at radius 3 is 2.33 bits per heavy atom. The van der Waals surface area contributed by atoms with Crippen LogP contribution < -0.4 is 15.5 Å². The maximum Gasteiger partial charge on any atom is 0.163 e. The molecule has 0 saturated carbocycles. The second-order valence-corrected chi connectivity index (χ2v) is 13.7. The van der Waals surface area contributed by atoms with Gasteiger partial charge in [-0.3, -0.25) is 0 Å². The molecule has 0 spiro atoms. The van der Waals surface area contributed by atoms with E-state index in [9.17, 15) is 8.42 Å². The third-order valence-electron chi connectivity index (χ3n) is 6.44. The van der Waals surface area contributed by atoms with Gasteiger partial charge in [0.2, 0.25) is 0 Å². The summed E-state index contributed by atoms with van der Waals surface area (Å²) in [5.74, 6) is 1.43. The van der Waals surface area contributed by atoms with Crippen molar-refractivity contribution in [2.45, 2.75) is 31.3 Å². The van der Waals surface area contributed by atoms with E-state index in [1.165, 1.54) is 5.69 Å². The Morgan fingerprint density at radius 2 is 1.67 bits per heavy atom. The van der Waals surface area contributed by atoms with Crippen LogP contribution in [-0.2, 0) is 15.6 Å². The van der Waals surface area contributed by atoms with E-state index >= 15 is 0 Å². The normalized spacial score (nSPS) is 14.8. The summed E-state index contributed by atoms with van der Waals surface area (Å²) in [6.07, 6.45) is 0. The molecule has 7 nitrogen and oxygen atoms in total. The van der Waals surface area contributed by atoms with Gasteiger partial charge < -0.3 is 15.5 Å². The van der Waals surface area contributed by atoms with Crippen molar-refractivity contribution in [3.8, 4) is 11.4 Å². The lowest BCUT2D eigenvalue weighted by Crippen LogP contribution is -2.43. The molecule has 36 heavy (non-hydrogen) atoms. The Labute approximate surface area is 216 Å². The fourth-order valence-electron chi connectivity index (χ4n) is 4.08. The molecule has 1 aliphatic rings. The number of anilines is 3. The molecule has 2 aromatic carbocycles. The van der Waals surface area contributed by atoms with Crippen LogP contribution >= 0.6 is 11.3 Å². The number of rotatable bonds is 6. The lowest BCUT2D eigenvalue weighted by Gasteiger charge is -2.29. The highest BCUT2D eigenvalue weighted by Gasteiger charge is 2.28. The number of hydrogen-bond donors (Lipinski definition) is 2. The van der Waals surface area contributed by atoms with E-state index in [4.69, 9.17) is 9.97 Å². The smallest absolute Gasteiger partial charge is 0.163 e. The van der Waals surface area contributed by atoms with Crippen LogP contribution in [0.25, 0.3) is 21.6 Å². The standard InChI is InChI=1S/C27H31N5O2S2/c1-27(2,3)36(33,34)18-19-4-8-21(9-5-19)29-25-23-12-17-35-26(23)31-24(30-25)20-6-10-22(11-7-20)32-15-13-28-14-16-32/h4-12,17,28H,13-16,18H2,1-3H3,(H,29,30,31). The summed E-state index contributed by atoms with van der Waals surface area (Å²) in [4.78, 5) is 13.0. The van der Waals surface area contributed by atoms with Crippen LogP contribution in [0.2, 0.25) is 0 Å². The maximum absolute atomic E-state index is 12.6. The number of hydrogen-bond acceptors (Lipinski definition) is 8. The molecule has 3 heterocycles. The molecule has 0 unspecified atom stereocenters. The monoisotopic (exact) mass is 521 g/mol. The fraction of sp³-hybridized carbons (Fsp3) is 0.333. The highest BCUT2D eigenvalue weighted by atomic mass is 32.2. The fourth-order valence-corrected chi connectivity index (χ4v) is 5.91. The van der Waals surface area contributed by atoms with Crippen molar-refractivity contribution < 1.29 is 8.42 Å². The minimum absolute atomic E-state index is 0.0210. The van der Waals surface area contributed by atoms with E-state index in [1.807, 2.05) is 35.7 Å². The van der Waals surface area contributed by atoms with Crippen molar-refractivity contribution in [2.24, 2.45) is 0 Å². The van der Waals surface area contributed by atoms with E-state index in [-0.39, 0.29) is 5.75 Å². The molecule has 0 bridgehead atoms. The topological polar surface area (TPSA) is 87.2 Å². The van der Waals surface area contributed by atoms with Crippen LogP contribution in [0.5, 0.6) is 0 Å². The first-order valence-corrected chi connectivity index (χ1v) is 14.6. The average molecular weight is 522 g/mol. The Bertz CT molecular complexity index is 1450. The van der Waals surface area contributed by atoms with Gasteiger partial charge in [-0.1, -0.05) is 12.1 Å². The SMILES string of the molecule is CC(C)(C)S(=O)(=O)Cc1ccc(Nc2nc(-c3ccc(N4CCNCC4)cc3)nc3sccc23)cc1. The van der Waals surface area contributed by atoms with Gasteiger partial charge in [0.25, 0.3) is 0 Å². The van der Waals surface area contributed by atoms with Crippen LogP contribution in [-0.4, -0.2) is 49.3 Å². The van der Waals surface area contributed by atoms with E-state index in [0.29, 0.717) is 5.82 Å². The minimum atomic E-state index is -3.24. The number of aromatic nitrogens is 2. The minimum Gasteiger partial charge on any atom is -0.369 e. The molecule has 0 amide bonds. The number of thiophene rings is 1. The summed E-state index contributed by atoms with van der Waals surface area (Å²) in [5, 5.41) is 9.78. The van der Waals surface area contributed by atoms with Crippen molar-refractivity contribution >= 4 is 48.6 Å². The zero-order valence-electron chi connectivity index (χ0n) is 20.8. The summed E-state index contributed by atoms with van der Waals surface area (Å²) in [5.41, 5.74) is 3.79.